The van der Waals surface area contributed by atoms with Crippen molar-refractivity contribution in [3.05, 3.63) is 101 Å². The van der Waals surface area contributed by atoms with Gasteiger partial charge in [0.15, 0.2) is 0 Å². The lowest BCUT2D eigenvalue weighted by Gasteiger charge is -2.05. The van der Waals surface area contributed by atoms with Gasteiger partial charge in [-0.25, -0.2) is 5.43 Å². The Kier molecular flexibility index (Phi) is 6.33. The summed E-state index contributed by atoms with van der Waals surface area (Å²) in [5.41, 5.74) is 6.68. The van der Waals surface area contributed by atoms with Gasteiger partial charge < -0.3 is 9.88 Å². The molecule has 7 heteroatoms. The molecule has 0 atom stereocenters. The molecular formula is C25H21ClN4O2. The zero-order valence-corrected chi connectivity index (χ0v) is 18.1. The minimum atomic E-state index is -0.335. The number of carbonyl (C=O) groups excluding carboxylic acids is 2. The maximum absolute atomic E-state index is 12.4. The van der Waals surface area contributed by atoms with Gasteiger partial charge in [-0.1, -0.05) is 41.9 Å². The van der Waals surface area contributed by atoms with Gasteiger partial charge in [-0.2, -0.15) is 5.10 Å². The number of aromatic nitrogens is 1. The zero-order valence-electron chi connectivity index (χ0n) is 17.4. The summed E-state index contributed by atoms with van der Waals surface area (Å²) < 4.78 is 2.13. The van der Waals surface area contributed by atoms with Crippen LogP contribution in [-0.2, 0) is 11.3 Å². The highest BCUT2D eigenvalue weighted by molar-refractivity contribution is 6.30. The van der Waals surface area contributed by atoms with Crippen LogP contribution in [0.15, 0.2) is 84.1 Å². The fraction of sp³-hybridized carbons (Fsp3) is 0.0800. The molecule has 0 bridgehead atoms. The fourth-order valence-electron chi connectivity index (χ4n) is 3.47. The molecule has 4 aromatic rings. The van der Waals surface area contributed by atoms with Gasteiger partial charge in [0.1, 0.15) is 0 Å². The topological polar surface area (TPSA) is 75.5 Å². The molecule has 0 fully saturated rings. The molecule has 0 aliphatic rings. The van der Waals surface area contributed by atoms with Gasteiger partial charge in [-0.05, 0) is 48.0 Å². The van der Waals surface area contributed by atoms with Crippen LogP contribution in [0.4, 0.5) is 5.69 Å². The van der Waals surface area contributed by atoms with Gasteiger partial charge in [0.05, 0.1) is 6.21 Å². The Morgan fingerprint density at radius 2 is 1.81 bits per heavy atom. The highest BCUT2D eigenvalue weighted by Gasteiger charge is 2.08. The third-order valence-electron chi connectivity index (χ3n) is 4.90. The van der Waals surface area contributed by atoms with E-state index in [1.807, 2.05) is 54.7 Å². The first-order valence-electron chi connectivity index (χ1n) is 10.0. The van der Waals surface area contributed by atoms with Crippen molar-refractivity contribution in [2.24, 2.45) is 5.10 Å². The van der Waals surface area contributed by atoms with Gasteiger partial charge in [-0.15, -0.1) is 0 Å². The predicted octanol–water partition coefficient (Wildman–Crippen LogP) is 5.07. The molecule has 2 amide bonds. The average molecular weight is 445 g/mol. The van der Waals surface area contributed by atoms with Gasteiger partial charge in [0.2, 0.25) is 5.91 Å². The molecule has 0 aliphatic heterocycles. The van der Waals surface area contributed by atoms with Crippen LogP contribution in [0.5, 0.6) is 0 Å². The number of halogens is 1. The van der Waals surface area contributed by atoms with E-state index >= 15 is 0 Å². The van der Waals surface area contributed by atoms with Crippen molar-refractivity contribution in [1.29, 1.82) is 0 Å². The normalized spacial score (nSPS) is 11.1. The van der Waals surface area contributed by atoms with Crippen molar-refractivity contribution < 1.29 is 9.59 Å². The Hall–Kier alpha value is -3.90. The minimum absolute atomic E-state index is 0.165. The molecule has 4 rings (SSSR count). The summed E-state index contributed by atoms with van der Waals surface area (Å²) in [6.45, 7) is 2.10. The lowest BCUT2D eigenvalue weighted by atomic mass is 10.2. The van der Waals surface area contributed by atoms with E-state index in [4.69, 9.17) is 11.6 Å². The van der Waals surface area contributed by atoms with Crippen LogP contribution in [0.2, 0.25) is 5.02 Å². The molecule has 2 N–H and O–H groups in total. The van der Waals surface area contributed by atoms with Gasteiger partial charge in [0, 0.05) is 52.4 Å². The summed E-state index contributed by atoms with van der Waals surface area (Å²) in [5.74, 6) is -0.500. The van der Waals surface area contributed by atoms with Crippen LogP contribution >= 0.6 is 11.6 Å². The van der Waals surface area contributed by atoms with E-state index in [9.17, 15) is 9.59 Å². The maximum Gasteiger partial charge on any atom is 0.271 e. The van der Waals surface area contributed by atoms with Gasteiger partial charge >= 0.3 is 0 Å². The molecule has 0 saturated carbocycles. The van der Waals surface area contributed by atoms with E-state index in [0.29, 0.717) is 22.8 Å². The van der Waals surface area contributed by atoms with Crippen LogP contribution < -0.4 is 10.7 Å². The van der Waals surface area contributed by atoms with E-state index in [1.165, 1.54) is 6.92 Å². The quantitative estimate of drug-likeness (QED) is 0.322. The highest BCUT2D eigenvalue weighted by Crippen LogP contribution is 2.22. The monoisotopic (exact) mass is 444 g/mol. The van der Waals surface area contributed by atoms with Crippen molar-refractivity contribution >= 4 is 46.2 Å². The molecule has 6 nitrogen and oxygen atoms in total. The highest BCUT2D eigenvalue weighted by atomic mass is 35.5. The number of nitrogens with one attached hydrogen (secondary N) is 2. The summed E-state index contributed by atoms with van der Waals surface area (Å²) in [7, 11) is 0. The van der Waals surface area contributed by atoms with Crippen LogP contribution in [0.3, 0.4) is 0 Å². The number of hydrogen-bond donors (Lipinski definition) is 2. The Labute approximate surface area is 190 Å². The first-order chi connectivity index (χ1) is 15.5. The molecule has 0 saturated heterocycles. The minimum Gasteiger partial charge on any atom is -0.342 e. The molecule has 0 aliphatic carbocycles. The largest absolute Gasteiger partial charge is 0.342 e. The SMILES string of the molecule is CC(=O)Nc1ccc(C(=O)N/N=C\c2cn(Cc3cccc(Cl)c3)c3ccccc23)cc1. The lowest BCUT2D eigenvalue weighted by molar-refractivity contribution is -0.114. The standard InChI is InChI=1S/C25H21ClN4O2/c1-17(31)28-22-11-9-19(10-12-22)25(32)29-27-14-20-16-30(24-8-3-2-7-23(20)24)15-18-5-4-6-21(26)13-18/h2-14,16H,15H2,1H3,(H,28,31)(H,29,32)/b27-14-. The van der Waals surface area contributed by atoms with Crippen molar-refractivity contribution in [1.82, 2.24) is 9.99 Å². The number of hydrazone groups is 1. The predicted molar refractivity (Wildman–Crippen MR) is 128 cm³/mol. The van der Waals surface area contributed by atoms with E-state index < -0.39 is 0 Å². The van der Waals surface area contributed by atoms with Crippen LogP contribution in [0.1, 0.15) is 28.4 Å². The molecule has 0 radical (unpaired) electrons. The van der Waals surface area contributed by atoms with E-state index in [0.717, 1.165) is 22.0 Å². The van der Waals surface area contributed by atoms with E-state index in [1.54, 1.807) is 30.5 Å². The second-order valence-electron chi connectivity index (χ2n) is 7.32. The molecule has 32 heavy (non-hydrogen) atoms. The molecule has 0 unspecified atom stereocenters. The third-order valence-corrected chi connectivity index (χ3v) is 5.13. The number of amides is 2. The maximum atomic E-state index is 12.4. The number of carbonyl (C=O) groups is 2. The molecule has 160 valence electrons. The van der Waals surface area contributed by atoms with E-state index in [-0.39, 0.29) is 11.8 Å². The molecule has 1 aromatic heterocycles. The first kappa shape index (κ1) is 21.3. The Morgan fingerprint density at radius 1 is 1.03 bits per heavy atom. The summed E-state index contributed by atoms with van der Waals surface area (Å²) in [6.07, 6.45) is 3.64. The molecular weight excluding hydrogens is 424 g/mol. The van der Waals surface area contributed by atoms with Gasteiger partial charge in [-0.3, -0.25) is 9.59 Å². The molecule has 1 heterocycles. The second-order valence-corrected chi connectivity index (χ2v) is 7.75. The molecule has 3 aromatic carbocycles. The number of benzene rings is 3. The number of nitrogens with zero attached hydrogens (tertiary/aromatic N) is 2. The number of anilines is 1. The Balaban J connectivity index is 1.50. The average Bonchev–Trinajstić information content (AvgIpc) is 3.11. The Bertz CT molecular complexity index is 1310. The number of rotatable bonds is 6. The van der Waals surface area contributed by atoms with Gasteiger partial charge in [0.25, 0.3) is 5.91 Å². The second kappa shape index (κ2) is 9.49. The zero-order chi connectivity index (χ0) is 22.5. The smallest absolute Gasteiger partial charge is 0.271 e. The van der Waals surface area contributed by atoms with E-state index in [2.05, 4.69) is 20.4 Å². The number of hydrogen-bond acceptors (Lipinski definition) is 3. The fourth-order valence-corrected chi connectivity index (χ4v) is 3.69. The van der Waals surface area contributed by atoms with Crippen molar-refractivity contribution in [3.63, 3.8) is 0 Å². The van der Waals surface area contributed by atoms with Crippen molar-refractivity contribution in [2.45, 2.75) is 13.5 Å². The molecule has 0 spiro atoms. The number of fused-ring (bicyclic) bond motifs is 1. The summed E-state index contributed by atoms with van der Waals surface area (Å²) in [6, 6.07) is 22.4. The van der Waals surface area contributed by atoms with Crippen molar-refractivity contribution in [3.8, 4) is 0 Å². The van der Waals surface area contributed by atoms with Crippen LogP contribution in [0, 0.1) is 0 Å². The number of para-hydroxylation sites is 1. The van der Waals surface area contributed by atoms with Crippen LogP contribution in [0.25, 0.3) is 10.9 Å². The summed E-state index contributed by atoms with van der Waals surface area (Å²) in [5, 5.41) is 8.55. The van der Waals surface area contributed by atoms with Crippen LogP contribution in [-0.4, -0.2) is 22.6 Å². The third kappa shape index (κ3) is 5.04. The summed E-state index contributed by atoms with van der Waals surface area (Å²) >= 11 is 6.12. The Morgan fingerprint density at radius 3 is 2.56 bits per heavy atom. The van der Waals surface area contributed by atoms with Crippen molar-refractivity contribution in [2.75, 3.05) is 5.32 Å². The first-order valence-corrected chi connectivity index (χ1v) is 10.4. The lowest BCUT2D eigenvalue weighted by Crippen LogP contribution is -2.17. The summed E-state index contributed by atoms with van der Waals surface area (Å²) in [4.78, 5) is 23.5.